The molecule has 1 atom stereocenters. The minimum absolute atomic E-state index is 0.169. The van der Waals surface area contributed by atoms with Gasteiger partial charge in [0.1, 0.15) is 5.82 Å². The minimum Gasteiger partial charge on any atom is -0.296 e. The Labute approximate surface area is 111 Å². The highest BCUT2D eigenvalue weighted by atomic mass is 79.9. The average Bonchev–Trinajstić information content (AvgIpc) is 2.60. The van der Waals surface area contributed by atoms with Gasteiger partial charge in [-0.15, -0.1) is 0 Å². The lowest BCUT2D eigenvalue weighted by molar-refractivity contribution is -0.117. The fraction of sp³-hybridized carbons (Fsp3) is 0.455. The van der Waals surface area contributed by atoms with Crippen molar-refractivity contribution in [1.29, 1.82) is 0 Å². The zero-order chi connectivity index (χ0) is 11.7. The van der Waals surface area contributed by atoms with E-state index in [1.807, 2.05) is 13.0 Å². The Hall–Kier alpha value is -0.420. The summed E-state index contributed by atoms with van der Waals surface area (Å²) in [6.07, 6.45) is 2.35. The van der Waals surface area contributed by atoms with Gasteiger partial charge in [0.15, 0.2) is 0 Å². The van der Waals surface area contributed by atoms with E-state index in [-0.39, 0.29) is 5.91 Å². The van der Waals surface area contributed by atoms with E-state index in [0.717, 1.165) is 27.7 Å². The van der Waals surface area contributed by atoms with Gasteiger partial charge in [-0.1, -0.05) is 15.9 Å². The lowest BCUT2D eigenvalue weighted by atomic mass is 10.2. The fourth-order valence-electron chi connectivity index (χ4n) is 1.91. The van der Waals surface area contributed by atoms with Gasteiger partial charge in [0.2, 0.25) is 5.91 Å². The van der Waals surface area contributed by atoms with Crippen LogP contribution in [-0.2, 0) is 4.79 Å². The van der Waals surface area contributed by atoms with E-state index in [4.69, 9.17) is 0 Å². The number of rotatable bonds is 2. The number of pyridine rings is 1. The molecule has 1 aliphatic rings. The molecule has 3 nitrogen and oxygen atoms in total. The Morgan fingerprint density at radius 1 is 1.62 bits per heavy atom. The Kier molecular flexibility index (Phi) is 3.64. The van der Waals surface area contributed by atoms with Gasteiger partial charge in [-0.05, 0) is 40.4 Å². The highest BCUT2D eigenvalue weighted by Gasteiger charge is 2.31. The maximum absolute atomic E-state index is 11.8. The van der Waals surface area contributed by atoms with E-state index in [9.17, 15) is 4.79 Å². The topological polar surface area (TPSA) is 33.2 Å². The second kappa shape index (κ2) is 4.84. The zero-order valence-electron chi connectivity index (χ0n) is 8.91. The number of hydrogen-bond donors (Lipinski definition) is 0. The zero-order valence-corrected chi connectivity index (χ0v) is 12.1. The molecule has 1 aliphatic heterocycles. The average molecular weight is 348 g/mol. The van der Waals surface area contributed by atoms with Crippen molar-refractivity contribution in [2.24, 2.45) is 5.92 Å². The molecule has 1 saturated heterocycles. The van der Waals surface area contributed by atoms with Crippen LogP contribution in [0.5, 0.6) is 0 Å². The third-order valence-electron chi connectivity index (χ3n) is 2.70. The quantitative estimate of drug-likeness (QED) is 0.771. The lowest BCUT2D eigenvalue weighted by Crippen LogP contribution is -2.26. The van der Waals surface area contributed by atoms with E-state index in [1.165, 1.54) is 0 Å². The van der Waals surface area contributed by atoms with Crippen molar-refractivity contribution >= 4 is 43.6 Å². The monoisotopic (exact) mass is 346 g/mol. The highest BCUT2D eigenvalue weighted by Crippen LogP contribution is 2.28. The Morgan fingerprint density at radius 2 is 2.38 bits per heavy atom. The second-order valence-electron chi connectivity index (χ2n) is 4.02. The molecule has 0 bridgehead atoms. The van der Waals surface area contributed by atoms with Crippen LogP contribution in [0.3, 0.4) is 0 Å². The molecule has 5 heteroatoms. The van der Waals surface area contributed by atoms with Crippen LogP contribution in [0.4, 0.5) is 5.82 Å². The first-order chi connectivity index (χ1) is 7.61. The Morgan fingerprint density at radius 3 is 2.94 bits per heavy atom. The number of alkyl halides is 1. The number of nitrogens with zero attached hydrogens (tertiary/aromatic N) is 2. The fourth-order valence-corrected chi connectivity index (χ4v) is 2.78. The molecular weight excluding hydrogens is 336 g/mol. The number of amides is 1. The summed E-state index contributed by atoms with van der Waals surface area (Å²) in [5.74, 6) is 1.36. The van der Waals surface area contributed by atoms with Crippen molar-refractivity contribution in [3.8, 4) is 0 Å². The van der Waals surface area contributed by atoms with Crippen molar-refractivity contribution in [3.05, 3.63) is 22.3 Å². The largest absolute Gasteiger partial charge is 0.296 e. The van der Waals surface area contributed by atoms with Crippen LogP contribution in [0.15, 0.2) is 16.7 Å². The first kappa shape index (κ1) is 12.0. The number of anilines is 1. The molecule has 1 unspecified atom stereocenters. The molecule has 0 aromatic carbocycles. The summed E-state index contributed by atoms with van der Waals surface area (Å²) in [5.41, 5.74) is 1.03. The smallest absolute Gasteiger partial charge is 0.228 e. The molecular formula is C11H12Br2N2O. The molecule has 16 heavy (non-hydrogen) atoms. The molecule has 0 radical (unpaired) electrons. The van der Waals surface area contributed by atoms with Gasteiger partial charge in [-0.2, -0.15) is 0 Å². The van der Waals surface area contributed by atoms with Gasteiger partial charge in [0, 0.05) is 29.0 Å². The molecule has 0 N–H and O–H groups in total. The van der Waals surface area contributed by atoms with Gasteiger partial charge in [-0.25, -0.2) is 4.98 Å². The molecule has 1 amide bonds. The Balaban J connectivity index is 2.28. The first-order valence-corrected chi connectivity index (χ1v) is 7.01. The standard InChI is InChI=1S/C11H12Br2N2O/c1-7-2-9(13)5-14-11(7)15-6-8(4-12)3-10(15)16/h2,5,8H,3-4,6H2,1H3. The van der Waals surface area contributed by atoms with Crippen molar-refractivity contribution in [2.45, 2.75) is 13.3 Å². The number of aromatic nitrogens is 1. The third kappa shape index (κ3) is 2.30. The van der Waals surface area contributed by atoms with Gasteiger partial charge in [0.05, 0.1) is 0 Å². The van der Waals surface area contributed by atoms with Crippen molar-refractivity contribution in [3.63, 3.8) is 0 Å². The van der Waals surface area contributed by atoms with Crippen molar-refractivity contribution < 1.29 is 4.79 Å². The van der Waals surface area contributed by atoms with Gasteiger partial charge in [-0.3, -0.25) is 9.69 Å². The van der Waals surface area contributed by atoms with Crippen molar-refractivity contribution in [1.82, 2.24) is 4.98 Å². The van der Waals surface area contributed by atoms with Crippen LogP contribution in [0.25, 0.3) is 0 Å². The van der Waals surface area contributed by atoms with Crippen LogP contribution < -0.4 is 4.90 Å². The molecule has 2 rings (SSSR count). The molecule has 1 fully saturated rings. The third-order valence-corrected chi connectivity index (χ3v) is 4.05. The summed E-state index contributed by atoms with van der Waals surface area (Å²) in [4.78, 5) is 17.9. The number of carbonyl (C=O) groups is 1. The molecule has 86 valence electrons. The number of carbonyl (C=O) groups excluding carboxylic acids is 1. The predicted molar refractivity (Wildman–Crippen MR) is 70.9 cm³/mol. The highest BCUT2D eigenvalue weighted by molar-refractivity contribution is 9.10. The molecule has 0 spiro atoms. The van der Waals surface area contributed by atoms with E-state index in [2.05, 4.69) is 36.8 Å². The van der Waals surface area contributed by atoms with E-state index in [1.54, 1.807) is 11.1 Å². The maximum atomic E-state index is 11.8. The number of hydrogen-bond acceptors (Lipinski definition) is 2. The lowest BCUT2D eigenvalue weighted by Gasteiger charge is -2.17. The summed E-state index contributed by atoms with van der Waals surface area (Å²) in [6, 6.07) is 1.98. The van der Waals surface area contributed by atoms with Crippen LogP contribution >= 0.6 is 31.9 Å². The summed E-state index contributed by atoms with van der Waals surface area (Å²) in [7, 11) is 0. The summed E-state index contributed by atoms with van der Waals surface area (Å²) in [5, 5.41) is 0.866. The predicted octanol–water partition coefficient (Wildman–Crippen LogP) is 2.90. The first-order valence-electron chi connectivity index (χ1n) is 5.10. The van der Waals surface area contributed by atoms with E-state index < -0.39 is 0 Å². The van der Waals surface area contributed by atoms with Crippen LogP contribution in [0, 0.1) is 12.8 Å². The van der Waals surface area contributed by atoms with Gasteiger partial charge < -0.3 is 0 Å². The van der Waals surface area contributed by atoms with Crippen molar-refractivity contribution in [2.75, 3.05) is 16.8 Å². The Bertz CT molecular complexity index is 422. The van der Waals surface area contributed by atoms with Gasteiger partial charge in [0.25, 0.3) is 0 Å². The minimum atomic E-state index is 0.169. The van der Waals surface area contributed by atoms with Gasteiger partial charge >= 0.3 is 0 Å². The molecule has 0 saturated carbocycles. The number of aryl methyl sites for hydroxylation is 1. The summed E-state index contributed by atoms with van der Waals surface area (Å²) >= 11 is 6.80. The molecule has 1 aromatic rings. The summed E-state index contributed by atoms with van der Waals surface area (Å²) < 4.78 is 0.942. The normalized spacial score (nSPS) is 20.6. The van der Waals surface area contributed by atoms with Crippen LogP contribution in [-0.4, -0.2) is 22.8 Å². The number of halogens is 2. The molecule has 0 aliphatic carbocycles. The molecule has 1 aromatic heterocycles. The van der Waals surface area contributed by atoms with Crippen LogP contribution in [0.1, 0.15) is 12.0 Å². The van der Waals surface area contributed by atoms with E-state index in [0.29, 0.717) is 12.3 Å². The summed E-state index contributed by atoms with van der Waals surface area (Å²) in [6.45, 7) is 2.74. The second-order valence-corrected chi connectivity index (χ2v) is 5.59. The van der Waals surface area contributed by atoms with E-state index >= 15 is 0 Å². The molecule has 2 heterocycles. The SMILES string of the molecule is Cc1cc(Br)cnc1N1CC(CBr)CC1=O. The van der Waals surface area contributed by atoms with Crippen LogP contribution in [0.2, 0.25) is 0 Å². The maximum Gasteiger partial charge on any atom is 0.228 e.